The Hall–Kier alpha value is -4.16. The van der Waals surface area contributed by atoms with Gasteiger partial charge in [-0.3, -0.25) is 0 Å². The minimum absolute atomic E-state index is 0.0200. The van der Waals surface area contributed by atoms with E-state index in [4.69, 9.17) is 9.47 Å². The van der Waals surface area contributed by atoms with Crippen LogP contribution in [0.4, 0.5) is 0 Å². The van der Waals surface area contributed by atoms with E-state index >= 15 is 0 Å². The van der Waals surface area contributed by atoms with Gasteiger partial charge in [0.1, 0.15) is 30.9 Å². The molecule has 6 nitrogen and oxygen atoms in total. The van der Waals surface area contributed by atoms with Crippen molar-refractivity contribution >= 4 is 17.5 Å². The number of carbonyl (C=O) groups is 2. The normalized spacial score (nSPS) is 10.8. The molecular weight excluding hydrogens is 368 g/mol. The van der Waals surface area contributed by atoms with Crippen LogP contribution in [0.15, 0.2) is 60.2 Å². The van der Waals surface area contributed by atoms with Gasteiger partial charge in [-0.2, -0.15) is 10.5 Å². The van der Waals surface area contributed by atoms with Crippen molar-refractivity contribution in [3.05, 3.63) is 76.9 Å². The van der Waals surface area contributed by atoms with Gasteiger partial charge in [0, 0.05) is 11.1 Å². The van der Waals surface area contributed by atoms with Crippen LogP contribution >= 0.6 is 0 Å². The summed E-state index contributed by atoms with van der Waals surface area (Å²) in [5, 5.41) is 18.7. The summed E-state index contributed by atoms with van der Waals surface area (Å²) >= 11 is 0. The second kappa shape index (κ2) is 8.24. The summed E-state index contributed by atoms with van der Waals surface area (Å²) in [7, 11) is 0. The van der Waals surface area contributed by atoms with E-state index in [0.29, 0.717) is 11.1 Å². The van der Waals surface area contributed by atoms with E-state index in [0.717, 1.165) is 16.7 Å². The zero-order chi connectivity index (χ0) is 21.0. The number of allylic oxidation sites excluding steroid dienone is 1. The van der Waals surface area contributed by atoms with Crippen LogP contribution in [-0.2, 0) is 14.3 Å². The smallest absolute Gasteiger partial charge is 0.338 e. The van der Waals surface area contributed by atoms with E-state index < -0.39 is 11.9 Å². The summed E-state index contributed by atoms with van der Waals surface area (Å²) in [6.45, 7) is 4.82. The highest BCUT2D eigenvalue weighted by Crippen LogP contribution is 2.45. The molecule has 1 aliphatic carbocycles. The largest absolute Gasteiger partial charge is 0.459 e. The lowest BCUT2D eigenvalue weighted by molar-refractivity contribution is -0.140. The standard InChI is InChI=1S/C23H16N2O4/c1-14(2)22(26)28-9-10-29-23(27)15-7-8-18-17-5-3-4-6-19(17)21(20(18)11-15)16(12-24)13-25/h3-8,11H,1,9-10H2,2H3. The summed E-state index contributed by atoms with van der Waals surface area (Å²) in [4.78, 5) is 23.7. The molecule has 2 aromatic carbocycles. The molecule has 2 aromatic rings. The fraction of sp³-hybridized carbons (Fsp3) is 0.130. The third-order valence-electron chi connectivity index (χ3n) is 4.38. The number of ether oxygens (including phenoxy) is 2. The maximum Gasteiger partial charge on any atom is 0.338 e. The van der Waals surface area contributed by atoms with E-state index in [1.54, 1.807) is 18.2 Å². The first-order valence-electron chi connectivity index (χ1n) is 8.76. The highest BCUT2D eigenvalue weighted by Gasteiger charge is 2.27. The van der Waals surface area contributed by atoms with Crippen molar-refractivity contribution in [2.45, 2.75) is 6.92 Å². The van der Waals surface area contributed by atoms with Crippen molar-refractivity contribution in [1.29, 1.82) is 10.5 Å². The van der Waals surface area contributed by atoms with Gasteiger partial charge in [-0.05, 0) is 41.3 Å². The van der Waals surface area contributed by atoms with Crippen molar-refractivity contribution in [3.63, 3.8) is 0 Å². The zero-order valence-electron chi connectivity index (χ0n) is 15.7. The van der Waals surface area contributed by atoms with Crippen molar-refractivity contribution in [2.24, 2.45) is 0 Å². The summed E-state index contributed by atoms with van der Waals surface area (Å²) in [5.41, 5.74) is 4.16. The Morgan fingerprint density at radius 2 is 1.55 bits per heavy atom. The first kappa shape index (κ1) is 19.6. The molecule has 0 saturated heterocycles. The molecule has 0 saturated carbocycles. The lowest BCUT2D eigenvalue weighted by Gasteiger charge is -2.08. The molecule has 0 N–H and O–H groups in total. The molecule has 0 atom stereocenters. The number of nitriles is 2. The fourth-order valence-electron chi connectivity index (χ4n) is 3.08. The number of fused-ring (bicyclic) bond motifs is 3. The lowest BCUT2D eigenvalue weighted by atomic mass is 9.98. The molecule has 0 spiro atoms. The van der Waals surface area contributed by atoms with Crippen LogP contribution in [0.1, 0.15) is 28.4 Å². The fourth-order valence-corrected chi connectivity index (χ4v) is 3.08. The summed E-state index contributed by atoms with van der Waals surface area (Å²) in [6.07, 6.45) is 0. The summed E-state index contributed by atoms with van der Waals surface area (Å²) in [6, 6.07) is 16.3. The van der Waals surface area contributed by atoms with E-state index in [1.165, 1.54) is 6.92 Å². The second-order valence-electron chi connectivity index (χ2n) is 6.33. The average molecular weight is 384 g/mol. The Bertz CT molecular complexity index is 1130. The number of esters is 2. The van der Waals surface area contributed by atoms with Crippen LogP contribution in [0.25, 0.3) is 16.7 Å². The van der Waals surface area contributed by atoms with E-state index in [-0.39, 0.29) is 29.9 Å². The molecule has 3 rings (SSSR count). The van der Waals surface area contributed by atoms with Gasteiger partial charge in [0.05, 0.1) is 5.56 Å². The van der Waals surface area contributed by atoms with Gasteiger partial charge in [-0.25, -0.2) is 9.59 Å². The third kappa shape index (κ3) is 3.78. The topological polar surface area (TPSA) is 100 Å². The van der Waals surface area contributed by atoms with Crippen molar-refractivity contribution in [1.82, 2.24) is 0 Å². The predicted molar refractivity (Wildman–Crippen MR) is 105 cm³/mol. The highest BCUT2D eigenvalue weighted by molar-refractivity contribution is 6.05. The van der Waals surface area contributed by atoms with Crippen LogP contribution in [0.3, 0.4) is 0 Å². The highest BCUT2D eigenvalue weighted by atomic mass is 16.6. The van der Waals surface area contributed by atoms with Crippen LogP contribution < -0.4 is 0 Å². The van der Waals surface area contributed by atoms with Crippen LogP contribution in [0, 0.1) is 22.7 Å². The maximum atomic E-state index is 12.4. The number of hydrogen-bond acceptors (Lipinski definition) is 6. The Morgan fingerprint density at radius 1 is 0.931 bits per heavy atom. The predicted octanol–water partition coefficient (Wildman–Crippen LogP) is 3.79. The SMILES string of the molecule is C=C(C)C(=O)OCCOC(=O)c1ccc2c(c1)C(=C(C#N)C#N)c1ccccc1-2. The van der Waals surface area contributed by atoms with E-state index in [9.17, 15) is 20.1 Å². The monoisotopic (exact) mass is 384 g/mol. The Kier molecular flexibility index (Phi) is 5.57. The molecule has 0 bridgehead atoms. The molecule has 0 heterocycles. The second-order valence-corrected chi connectivity index (χ2v) is 6.33. The van der Waals surface area contributed by atoms with Crippen LogP contribution in [0.5, 0.6) is 0 Å². The van der Waals surface area contributed by atoms with Gasteiger partial charge in [0.15, 0.2) is 0 Å². The first-order valence-corrected chi connectivity index (χ1v) is 8.76. The van der Waals surface area contributed by atoms with Crippen LogP contribution in [-0.4, -0.2) is 25.2 Å². The third-order valence-corrected chi connectivity index (χ3v) is 4.38. The van der Waals surface area contributed by atoms with E-state index in [2.05, 4.69) is 6.58 Å². The molecular formula is C23H16N2O4. The average Bonchev–Trinajstić information content (AvgIpc) is 3.05. The Morgan fingerprint density at radius 3 is 2.21 bits per heavy atom. The molecule has 0 radical (unpaired) electrons. The van der Waals surface area contributed by atoms with Gasteiger partial charge >= 0.3 is 11.9 Å². The van der Waals surface area contributed by atoms with Crippen LogP contribution in [0.2, 0.25) is 0 Å². The number of benzene rings is 2. The molecule has 0 amide bonds. The van der Waals surface area contributed by atoms with Gasteiger partial charge < -0.3 is 9.47 Å². The van der Waals surface area contributed by atoms with Gasteiger partial charge in [-0.1, -0.05) is 36.9 Å². The van der Waals surface area contributed by atoms with Crippen molar-refractivity contribution < 1.29 is 19.1 Å². The Balaban J connectivity index is 1.86. The minimum atomic E-state index is -0.593. The number of carbonyl (C=O) groups excluding carboxylic acids is 2. The zero-order valence-corrected chi connectivity index (χ0v) is 15.7. The quantitative estimate of drug-likeness (QED) is 0.287. The van der Waals surface area contributed by atoms with Crippen molar-refractivity contribution in [3.8, 4) is 23.3 Å². The van der Waals surface area contributed by atoms with Gasteiger partial charge in [-0.15, -0.1) is 0 Å². The molecule has 0 aromatic heterocycles. The molecule has 6 heteroatoms. The molecule has 29 heavy (non-hydrogen) atoms. The summed E-state index contributed by atoms with van der Waals surface area (Å²) in [5.74, 6) is -1.14. The Labute approximate surface area is 167 Å². The molecule has 0 unspecified atom stereocenters. The summed E-state index contributed by atoms with van der Waals surface area (Å²) < 4.78 is 10.0. The molecule has 142 valence electrons. The van der Waals surface area contributed by atoms with E-state index in [1.807, 2.05) is 36.4 Å². The minimum Gasteiger partial charge on any atom is -0.459 e. The number of rotatable bonds is 5. The lowest BCUT2D eigenvalue weighted by Crippen LogP contribution is -2.14. The van der Waals surface area contributed by atoms with Crippen molar-refractivity contribution in [2.75, 3.05) is 13.2 Å². The number of nitrogens with zero attached hydrogens (tertiary/aromatic N) is 2. The maximum absolute atomic E-state index is 12.4. The molecule has 0 fully saturated rings. The van der Waals surface area contributed by atoms with Gasteiger partial charge in [0.2, 0.25) is 0 Å². The first-order chi connectivity index (χ1) is 14.0. The van der Waals surface area contributed by atoms with Gasteiger partial charge in [0.25, 0.3) is 0 Å². The molecule has 0 aliphatic heterocycles. The number of hydrogen-bond donors (Lipinski definition) is 0. The molecule has 1 aliphatic rings.